The average molecular weight is 449 g/mol. The molecule has 2 N–H and O–H groups in total. The van der Waals surface area contributed by atoms with Crippen LogP contribution in [0.3, 0.4) is 0 Å². The third-order valence-corrected chi connectivity index (χ3v) is 6.82. The van der Waals surface area contributed by atoms with Gasteiger partial charge in [-0.05, 0) is 63.0 Å². The second-order valence-corrected chi connectivity index (χ2v) is 9.31. The monoisotopic (exact) mass is 449 g/mol. The molecule has 1 saturated carbocycles. The topological polar surface area (TPSA) is 87.6 Å². The second-order valence-electron chi connectivity index (χ2n) is 9.31. The number of benzene rings is 1. The molecule has 2 aromatic heterocycles. The lowest BCUT2D eigenvalue weighted by Crippen LogP contribution is -2.26. The molecule has 3 unspecified atom stereocenters. The molecule has 0 saturated heterocycles. The van der Waals surface area contributed by atoms with E-state index in [1.807, 2.05) is 0 Å². The van der Waals surface area contributed by atoms with Crippen molar-refractivity contribution in [3.05, 3.63) is 18.0 Å². The van der Waals surface area contributed by atoms with Crippen molar-refractivity contribution in [3.8, 4) is 11.5 Å². The highest BCUT2D eigenvalue weighted by molar-refractivity contribution is 5.97. The van der Waals surface area contributed by atoms with Crippen molar-refractivity contribution < 1.29 is 22.6 Å². The molecule has 0 bridgehead atoms. The lowest BCUT2D eigenvalue weighted by atomic mass is 9.84. The quantitative estimate of drug-likeness (QED) is 0.561. The number of ether oxygens (including phenoxy) is 2. The van der Waals surface area contributed by atoms with Crippen molar-refractivity contribution in [2.45, 2.75) is 70.8 Å². The van der Waals surface area contributed by atoms with Gasteiger partial charge >= 0.3 is 6.29 Å². The number of nitrogen functional groups attached to an aromatic ring is 1. The molecule has 1 fully saturated rings. The van der Waals surface area contributed by atoms with Crippen LogP contribution in [0.2, 0.25) is 0 Å². The van der Waals surface area contributed by atoms with Crippen LogP contribution in [0, 0.1) is 11.8 Å². The summed E-state index contributed by atoms with van der Waals surface area (Å²) in [5.74, 6) is 1.27. The summed E-state index contributed by atoms with van der Waals surface area (Å²) in [5, 5.41) is 4.98. The second kappa shape index (κ2) is 7.38. The summed E-state index contributed by atoms with van der Waals surface area (Å²) in [4.78, 5) is 8.82. The van der Waals surface area contributed by atoms with E-state index in [4.69, 9.17) is 5.73 Å². The highest BCUT2D eigenvalue weighted by Gasteiger charge is 2.45. The zero-order valence-electron chi connectivity index (χ0n) is 18.1. The molecule has 1 aliphatic carbocycles. The van der Waals surface area contributed by atoms with Gasteiger partial charge in [-0.3, -0.25) is 0 Å². The fraction of sp³-hybridized carbons (Fsp3) is 0.591. The molecular weight excluding hydrogens is 423 g/mol. The van der Waals surface area contributed by atoms with E-state index in [-0.39, 0.29) is 23.0 Å². The van der Waals surface area contributed by atoms with Gasteiger partial charge in [0, 0.05) is 11.8 Å². The van der Waals surface area contributed by atoms with Crippen molar-refractivity contribution in [1.29, 1.82) is 0 Å². The normalized spacial score (nSPS) is 25.8. The van der Waals surface area contributed by atoms with Crippen LogP contribution in [0.25, 0.3) is 16.6 Å². The Hall–Kier alpha value is -2.78. The van der Waals surface area contributed by atoms with Crippen molar-refractivity contribution in [3.63, 3.8) is 0 Å². The summed E-state index contributed by atoms with van der Waals surface area (Å²) in [5.41, 5.74) is 5.58. The van der Waals surface area contributed by atoms with Crippen molar-refractivity contribution in [1.82, 2.24) is 19.6 Å². The van der Waals surface area contributed by atoms with Gasteiger partial charge in [-0.2, -0.15) is 4.52 Å². The van der Waals surface area contributed by atoms with E-state index in [9.17, 15) is 13.2 Å². The molecule has 172 valence electrons. The van der Waals surface area contributed by atoms with Gasteiger partial charge in [-0.25, -0.2) is 14.4 Å². The third kappa shape index (κ3) is 3.80. The molecule has 1 aromatic carbocycles. The first-order valence-corrected chi connectivity index (χ1v) is 11.0. The number of alkyl halides is 3. The largest absolute Gasteiger partial charge is 0.586 e. The minimum atomic E-state index is -3.74. The van der Waals surface area contributed by atoms with E-state index in [2.05, 4.69) is 31.5 Å². The standard InChI is InChI=1S/C22H26F3N5O2/c1-12(13-4-3-10-21(2,23)11-9-13)5-8-16-27-19-14-6-7-15-18(32-22(24,25)31-15)17(14)28-20(26)30(19)29-16/h6-7,12-13H,3-5,8-11H2,1-2H3,(H2,26,28). The Kier molecular flexibility index (Phi) is 4.86. The van der Waals surface area contributed by atoms with E-state index in [0.717, 1.165) is 25.7 Å². The SMILES string of the molecule is CC(CCc1nc2c3ccc4c(c3nc(N)n2n1)OC(F)(F)O4)C1CCCC(C)(F)CC1. The summed E-state index contributed by atoms with van der Waals surface area (Å²) < 4.78 is 51.9. The Labute approximate surface area is 183 Å². The molecule has 32 heavy (non-hydrogen) atoms. The number of halogens is 3. The first-order chi connectivity index (χ1) is 15.1. The van der Waals surface area contributed by atoms with Crippen LogP contribution in [0.15, 0.2) is 12.1 Å². The zero-order valence-corrected chi connectivity index (χ0v) is 18.1. The Balaban J connectivity index is 1.38. The lowest BCUT2D eigenvalue weighted by Gasteiger charge is -2.22. The summed E-state index contributed by atoms with van der Waals surface area (Å²) in [6.07, 6.45) is 1.85. The maximum Gasteiger partial charge on any atom is 0.586 e. The van der Waals surface area contributed by atoms with Gasteiger partial charge in [0.15, 0.2) is 23.0 Å². The van der Waals surface area contributed by atoms with Gasteiger partial charge in [-0.15, -0.1) is 13.9 Å². The Bertz CT molecular complexity index is 1180. The van der Waals surface area contributed by atoms with Gasteiger partial charge in [0.2, 0.25) is 5.95 Å². The molecule has 7 nitrogen and oxygen atoms in total. The molecule has 2 aliphatic rings. The van der Waals surface area contributed by atoms with Crippen molar-refractivity contribution >= 4 is 22.5 Å². The average Bonchev–Trinajstić information content (AvgIpc) is 3.23. The van der Waals surface area contributed by atoms with Gasteiger partial charge in [0.1, 0.15) is 11.2 Å². The summed E-state index contributed by atoms with van der Waals surface area (Å²) in [6, 6.07) is 3.00. The van der Waals surface area contributed by atoms with Gasteiger partial charge in [-0.1, -0.05) is 13.3 Å². The third-order valence-electron chi connectivity index (χ3n) is 6.82. The van der Waals surface area contributed by atoms with Crippen LogP contribution in [-0.4, -0.2) is 31.5 Å². The predicted octanol–water partition coefficient (Wildman–Crippen LogP) is 5.06. The first kappa shape index (κ1) is 21.1. The molecule has 3 atom stereocenters. The number of fused-ring (bicyclic) bond motifs is 5. The maximum atomic E-state index is 14.3. The summed E-state index contributed by atoms with van der Waals surface area (Å²) in [7, 11) is 0. The van der Waals surface area contributed by atoms with E-state index in [1.165, 1.54) is 10.6 Å². The molecule has 10 heteroatoms. The molecule has 0 spiro atoms. The van der Waals surface area contributed by atoms with Gasteiger partial charge < -0.3 is 15.2 Å². The smallest absolute Gasteiger partial charge is 0.395 e. The van der Waals surface area contributed by atoms with Crippen LogP contribution in [0.5, 0.6) is 11.5 Å². The fourth-order valence-electron chi connectivity index (χ4n) is 4.90. The van der Waals surface area contributed by atoms with Gasteiger partial charge in [0.25, 0.3) is 0 Å². The molecule has 0 amide bonds. The minimum absolute atomic E-state index is 0.0255. The number of aromatic nitrogens is 4. The summed E-state index contributed by atoms with van der Waals surface area (Å²) >= 11 is 0. The predicted molar refractivity (Wildman–Crippen MR) is 112 cm³/mol. The number of hydrogen-bond donors (Lipinski definition) is 1. The molecule has 1 aliphatic heterocycles. The van der Waals surface area contributed by atoms with Crippen LogP contribution in [-0.2, 0) is 6.42 Å². The van der Waals surface area contributed by atoms with Crippen LogP contribution >= 0.6 is 0 Å². The van der Waals surface area contributed by atoms with Crippen LogP contribution in [0.4, 0.5) is 19.1 Å². The number of hydrogen-bond acceptors (Lipinski definition) is 6. The first-order valence-electron chi connectivity index (χ1n) is 11.0. The van der Waals surface area contributed by atoms with Crippen LogP contribution in [0.1, 0.15) is 58.2 Å². The minimum Gasteiger partial charge on any atom is -0.395 e. The lowest BCUT2D eigenvalue weighted by molar-refractivity contribution is -0.286. The number of anilines is 1. The molecule has 0 radical (unpaired) electrons. The number of aryl methyl sites for hydroxylation is 1. The number of nitrogens with zero attached hydrogens (tertiary/aromatic N) is 4. The summed E-state index contributed by atoms with van der Waals surface area (Å²) in [6.45, 7) is 3.91. The van der Waals surface area contributed by atoms with E-state index < -0.39 is 12.0 Å². The Morgan fingerprint density at radius 1 is 1.19 bits per heavy atom. The van der Waals surface area contributed by atoms with E-state index >= 15 is 0 Å². The van der Waals surface area contributed by atoms with Crippen molar-refractivity contribution in [2.24, 2.45) is 11.8 Å². The zero-order chi connectivity index (χ0) is 22.7. The molecule has 3 heterocycles. The van der Waals surface area contributed by atoms with Crippen LogP contribution < -0.4 is 15.2 Å². The molecule has 5 rings (SSSR count). The molecule has 3 aromatic rings. The number of rotatable bonds is 4. The highest BCUT2D eigenvalue weighted by atomic mass is 19.3. The fourth-order valence-corrected chi connectivity index (χ4v) is 4.90. The maximum absolute atomic E-state index is 14.3. The Morgan fingerprint density at radius 3 is 2.81 bits per heavy atom. The van der Waals surface area contributed by atoms with E-state index in [1.54, 1.807) is 13.0 Å². The van der Waals surface area contributed by atoms with Gasteiger partial charge in [0.05, 0.1) is 0 Å². The Morgan fingerprint density at radius 2 is 2.00 bits per heavy atom. The van der Waals surface area contributed by atoms with Crippen molar-refractivity contribution in [2.75, 3.05) is 5.73 Å². The molecular formula is C22H26F3N5O2. The number of nitrogens with two attached hydrogens (primary N) is 1. The highest BCUT2D eigenvalue weighted by Crippen LogP contribution is 2.45. The van der Waals surface area contributed by atoms with E-state index in [0.29, 0.717) is 48.0 Å².